The summed E-state index contributed by atoms with van der Waals surface area (Å²) in [7, 11) is 0. The maximum atomic E-state index is 12.2. The lowest BCUT2D eigenvalue weighted by atomic mass is 10.1. The zero-order valence-corrected chi connectivity index (χ0v) is 10.8. The summed E-state index contributed by atoms with van der Waals surface area (Å²) >= 11 is 0. The van der Waals surface area contributed by atoms with Gasteiger partial charge in [0.25, 0.3) is 5.56 Å². The van der Waals surface area contributed by atoms with Crippen molar-refractivity contribution in [3.05, 3.63) is 38.5 Å². The number of aromatic nitrogens is 1. The smallest absolute Gasteiger partial charge is 0.364 e. The molecule has 1 aromatic heterocycles. The highest BCUT2D eigenvalue weighted by Crippen LogP contribution is 2.21. The number of fused-ring (bicyclic) bond motifs is 1. The number of nitrogens with zero attached hydrogens (tertiary/aromatic N) is 1. The number of aromatic hydroxyl groups is 1. The predicted molar refractivity (Wildman–Crippen MR) is 68.1 cm³/mol. The van der Waals surface area contributed by atoms with Gasteiger partial charge in [0.1, 0.15) is 5.75 Å². The highest BCUT2D eigenvalue weighted by Gasteiger charge is 2.20. The van der Waals surface area contributed by atoms with E-state index in [1.165, 1.54) is 12.1 Å². The van der Waals surface area contributed by atoms with E-state index in [2.05, 4.69) is 0 Å². The van der Waals surface area contributed by atoms with Crippen LogP contribution in [0.1, 0.15) is 26.3 Å². The summed E-state index contributed by atoms with van der Waals surface area (Å²) in [6.07, 6.45) is 0. The molecule has 18 heavy (non-hydrogen) atoms. The molecular formula is C13H15NO4. The number of phenolic OH excluding ortho intramolecular Hbond substituents is 1. The molecule has 0 bridgehead atoms. The molecule has 1 heterocycles. The van der Waals surface area contributed by atoms with Gasteiger partial charge in [-0.1, -0.05) is 0 Å². The molecule has 2 rings (SSSR count). The molecule has 1 aromatic carbocycles. The van der Waals surface area contributed by atoms with E-state index >= 15 is 0 Å². The lowest BCUT2D eigenvalue weighted by Crippen LogP contribution is -2.36. The van der Waals surface area contributed by atoms with Gasteiger partial charge in [0.2, 0.25) is 0 Å². The first-order valence-electron chi connectivity index (χ1n) is 5.62. The van der Waals surface area contributed by atoms with Crippen molar-refractivity contribution in [1.29, 1.82) is 0 Å². The maximum absolute atomic E-state index is 12.2. The first kappa shape index (κ1) is 12.4. The van der Waals surface area contributed by atoms with Gasteiger partial charge in [0.05, 0.1) is 16.3 Å². The van der Waals surface area contributed by atoms with Gasteiger partial charge in [-0.15, -0.1) is 0 Å². The quantitative estimate of drug-likeness (QED) is 0.771. The average Bonchev–Trinajstić information content (AvgIpc) is 2.24. The molecule has 0 aliphatic heterocycles. The Kier molecular flexibility index (Phi) is 2.57. The molecule has 5 nitrogen and oxygen atoms in total. The Morgan fingerprint density at radius 3 is 2.33 bits per heavy atom. The van der Waals surface area contributed by atoms with Crippen molar-refractivity contribution < 1.29 is 9.63 Å². The van der Waals surface area contributed by atoms with Crippen molar-refractivity contribution in [2.24, 2.45) is 0 Å². The third-order valence-corrected chi connectivity index (χ3v) is 2.75. The van der Waals surface area contributed by atoms with Crippen LogP contribution in [-0.4, -0.2) is 9.85 Å². The third-order valence-electron chi connectivity index (χ3n) is 2.75. The van der Waals surface area contributed by atoms with Crippen LogP contribution >= 0.6 is 0 Å². The maximum Gasteiger partial charge on any atom is 0.364 e. The van der Waals surface area contributed by atoms with E-state index in [4.69, 9.17) is 4.52 Å². The molecule has 96 valence electrons. The predicted octanol–water partition coefficient (Wildman–Crippen LogP) is 1.72. The molecule has 2 aromatic rings. The van der Waals surface area contributed by atoms with E-state index in [0.717, 1.165) is 4.74 Å². The second-order valence-electron chi connectivity index (χ2n) is 5.33. The molecule has 1 N–H and O–H groups in total. The number of aryl methyl sites for hydroxylation is 1. The van der Waals surface area contributed by atoms with E-state index in [0.29, 0.717) is 5.56 Å². The van der Waals surface area contributed by atoms with Crippen LogP contribution in [0.2, 0.25) is 0 Å². The number of benzene rings is 1. The minimum absolute atomic E-state index is 0.0253. The van der Waals surface area contributed by atoms with Crippen molar-refractivity contribution in [3.63, 3.8) is 0 Å². The number of phenols is 1. The van der Waals surface area contributed by atoms with Crippen LogP contribution in [0.3, 0.4) is 0 Å². The SMILES string of the molecule is Cc1cc2c(=O)n(C(C)(C)C)oc(=O)c2cc1O. The van der Waals surface area contributed by atoms with Crippen molar-refractivity contribution in [2.75, 3.05) is 0 Å². The number of rotatable bonds is 0. The molecule has 0 unspecified atom stereocenters. The molecule has 0 atom stereocenters. The van der Waals surface area contributed by atoms with Gasteiger partial charge in [-0.05, 0) is 45.4 Å². The Balaban J connectivity index is 3.01. The second kappa shape index (κ2) is 3.73. The van der Waals surface area contributed by atoms with Crippen molar-refractivity contribution in [2.45, 2.75) is 33.2 Å². The number of hydrogen-bond donors (Lipinski definition) is 1. The Morgan fingerprint density at radius 2 is 1.78 bits per heavy atom. The molecule has 0 aliphatic rings. The van der Waals surface area contributed by atoms with Gasteiger partial charge in [-0.2, -0.15) is 4.74 Å². The lowest BCUT2D eigenvalue weighted by Gasteiger charge is -2.19. The van der Waals surface area contributed by atoms with Gasteiger partial charge in [-0.25, -0.2) is 4.79 Å². The van der Waals surface area contributed by atoms with Crippen LogP contribution in [-0.2, 0) is 5.54 Å². The first-order chi connectivity index (χ1) is 8.21. The summed E-state index contributed by atoms with van der Waals surface area (Å²) in [6, 6.07) is 2.77. The van der Waals surface area contributed by atoms with Crippen molar-refractivity contribution in [1.82, 2.24) is 4.74 Å². The molecule has 0 amide bonds. The molecule has 0 aliphatic carbocycles. The minimum atomic E-state index is -0.630. The van der Waals surface area contributed by atoms with Crippen LogP contribution in [0.25, 0.3) is 10.8 Å². The lowest BCUT2D eigenvalue weighted by molar-refractivity contribution is 0.135. The van der Waals surface area contributed by atoms with E-state index in [-0.39, 0.29) is 22.1 Å². The molecular weight excluding hydrogens is 234 g/mol. The van der Waals surface area contributed by atoms with Crippen LogP contribution in [0.15, 0.2) is 26.2 Å². The van der Waals surface area contributed by atoms with Crippen LogP contribution < -0.4 is 11.2 Å². The Labute approximate surface area is 103 Å². The van der Waals surface area contributed by atoms with Crippen molar-refractivity contribution in [3.8, 4) is 5.75 Å². The summed E-state index contributed by atoms with van der Waals surface area (Å²) in [5, 5.41) is 9.93. The van der Waals surface area contributed by atoms with E-state index < -0.39 is 11.2 Å². The van der Waals surface area contributed by atoms with E-state index in [9.17, 15) is 14.7 Å². The fourth-order valence-electron chi connectivity index (χ4n) is 1.77. The zero-order chi connectivity index (χ0) is 13.7. The fraction of sp³-hybridized carbons (Fsp3) is 0.385. The zero-order valence-electron chi connectivity index (χ0n) is 10.8. The molecule has 0 saturated heterocycles. The van der Waals surface area contributed by atoms with Gasteiger partial charge >= 0.3 is 5.63 Å². The largest absolute Gasteiger partial charge is 0.508 e. The van der Waals surface area contributed by atoms with Gasteiger partial charge in [-0.3, -0.25) is 4.79 Å². The Hall–Kier alpha value is -2.04. The van der Waals surface area contributed by atoms with Gasteiger partial charge in [0, 0.05) is 0 Å². The van der Waals surface area contributed by atoms with E-state index in [1.54, 1.807) is 27.7 Å². The standard InChI is InChI=1S/C13H15NO4/c1-7-5-8-9(6-10(7)15)12(17)18-14(11(8)16)13(2,3)4/h5-6,15H,1-4H3. The molecule has 0 spiro atoms. The molecule has 0 saturated carbocycles. The summed E-state index contributed by atoms with van der Waals surface area (Å²) < 4.78 is 6.08. The van der Waals surface area contributed by atoms with Crippen LogP contribution in [0.5, 0.6) is 5.75 Å². The number of hydrogen-bond acceptors (Lipinski definition) is 4. The summed E-state index contributed by atoms with van der Waals surface area (Å²) in [6.45, 7) is 6.99. The molecule has 5 heteroatoms. The normalized spacial score (nSPS) is 12.0. The topological polar surface area (TPSA) is 72.4 Å². The fourth-order valence-corrected chi connectivity index (χ4v) is 1.77. The third kappa shape index (κ3) is 1.81. The summed E-state index contributed by atoms with van der Waals surface area (Å²) in [5.41, 5.74) is -1.07. The summed E-state index contributed by atoms with van der Waals surface area (Å²) in [5.74, 6) is -0.0253. The Morgan fingerprint density at radius 1 is 1.17 bits per heavy atom. The highest BCUT2D eigenvalue weighted by atomic mass is 16.5. The first-order valence-corrected chi connectivity index (χ1v) is 5.62. The van der Waals surface area contributed by atoms with E-state index in [1.807, 2.05) is 0 Å². The van der Waals surface area contributed by atoms with Crippen LogP contribution in [0.4, 0.5) is 0 Å². The van der Waals surface area contributed by atoms with Gasteiger partial charge in [0.15, 0.2) is 0 Å². The van der Waals surface area contributed by atoms with Gasteiger partial charge < -0.3 is 9.63 Å². The summed E-state index contributed by atoms with van der Waals surface area (Å²) in [4.78, 5) is 24.1. The Bertz CT molecular complexity index is 731. The molecule has 0 radical (unpaired) electrons. The molecule has 0 fully saturated rings. The minimum Gasteiger partial charge on any atom is -0.508 e. The second-order valence-corrected chi connectivity index (χ2v) is 5.33. The monoisotopic (exact) mass is 249 g/mol. The highest BCUT2D eigenvalue weighted by molar-refractivity contribution is 5.82. The average molecular weight is 249 g/mol. The van der Waals surface area contributed by atoms with Crippen LogP contribution in [0, 0.1) is 6.92 Å². The van der Waals surface area contributed by atoms with Crippen molar-refractivity contribution >= 4 is 10.8 Å².